The molecule has 0 aliphatic rings. The molecular formula is C17H14BrNO3S. The van der Waals surface area contributed by atoms with Crippen LogP contribution >= 0.6 is 27.7 Å². The molecule has 1 N–H and O–H groups in total. The van der Waals surface area contributed by atoms with Crippen LogP contribution in [0.5, 0.6) is 0 Å². The summed E-state index contributed by atoms with van der Waals surface area (Å²) in [6.07, 6.45) is 0. The van der Waals surface area contributed by atoms with Gasteiger partial charge in [0.1, 0.15) is 0 Å². The molecule has 6 heteroatoms. The van der Waals surface area contributed by atoms with Gasteiger partial charge >= 0.3 is 0 Å². The zero-order chi connectivity index (χ0) is 16.8. The molecule has 0 spiro atoms. The Bertz CT molecular complexity index is 747. The second-order valence-corrected chi connectivity index (χ2v) is 6.78. The minimum absolute atomic E-state index is 0.0182. The lowest BCUT2D eigenvalue weighted by Crippen LogP contribution is -2.17. The second-order valence-electron chi connectivity index (χ2n) is 4.71. The van der Waals surface area contributed by atoms with E-state index in [0.29, 0.717) is 16.8 Å². The SMILES string of the molecule is CC(=O)SCC(=O)Nc1ccc(Br)cc1C(=O)c1ccccc1. The molecule has 0 atom stereocenters. The van der Waals surface area contributed by atoms with Crippen molar-refractivity contribution in [2.24, 2.45) is 0 Å². The van der Waals surface area contributed by atoms with Gasteiger partial charge in [-0.25, -0.2) is 0 Å². The molecule has 0 saturated carbocycles. The van der Waals surface area contributed by atoms with Gasteiger partial charge in [0.15, 0.2) is 10.9 Å². The fourth-order valence-corrected chi connectivity index (χ4v) is 2.68. The molecule has 0 aliphatic carbocycles. The first kappa shape index (κ1) is 17.4. The first-order chi connectivity index (χ1) is 11.0. The average molecular weight is 392 g/mol. The summed E-state index contributed by atoms with van der Waals surface area (Å²) in [6, 6.07) is 13.9. The van der Waals surface area contributed by atoms with Crippen LogP contribution in [-0.4, -0.2) is 22.6 Å². The van der Waals surface area contributed by atoms with E-state index in [1.807, 2.05) is 6.07 Å². The van der Waals surface area contributed by atoms with Crippen molar-refractivity contribution in [1.29, 1.82) is 0 Å². The highest BCUT2D eigenvalue weighted by atomic mass is 79.9. The third-order valence-electron chi connectivity index (χ3n) is 2.94. The van der Waals surface area contributed by atoms with E-state index in [1.54, 1.807) is 42.5 Å². The number of thioether (sulfide) groups is 1. The van der Waals surface area contributed by atoms with Gasteiger partial charge in [-0.3, -0.25) is 14.4 Å². The molecule has 0 unspecified atom stereocenters. The molecule has 0 aliphatic heterocycles. The molecule has 0 aromatic heterocycles. The van der Waals surface area contributed by atoms with Crippen LogP contribution in [0.15, 0.2) is 53.0 Å². The highest BCUT2D eigenvalue weighted by Gasteiger charge is 2.16. The average Bonchev–Trinajstić information content (AvgIpc) is 2.54. The largest absolute Gasteiger partial charge is 0.325 e. The molecule has 2 rings (SSSR count). The minimum atomic E-state index is -0.324. The Kier molecular flexibility index (Phi) is 6.12. The van der Waals surface area contributed by atoms with Gasteiger partial charge in [-0.05, 0) is 18.2 Å². The maximum absolute atomic E-state index is 12.6. The number of carbonyl (C=O) groups is 3. The van der Waals surface area contributed by atoms with E-state index in [2.05, 4.69) is 21.2 Å². The number of anilines is 1. The lowest BCUT2D eigenvalue weighted by atomic mass is 10.0. The highest BCUT2D eigenvalue weighted by Crippen LogP contribution is 2.24. The van der Waals surface area contributed by atoms with Gasteiger partial charge < -0.3 is 5.32 Å². The summed E-state index contributed by atoms with van der Waals surface area (Å²) in [5, 5.41) is 2.56. The number of benzene rings is 2. The number of amides is 1. The Morgan fingerprint density at radius 3 is 2.43 bits per heavy atom. The summed E-state index contributed by atoms with van der Waals surface area (Å²) in [4.78, 5) is 35.5. The van der Waals surface area contributed by atoms with Gasteiger partial charge in [0, 0.05) is 22.5 Å². The molecule has 0 bridgehead atoms. The van der Waals surface area contributed by atoms with Crippen molar-refractivity contribution >= 4 is 50.2 Å². The van der Waals surface area contributed by atoms with E-state index >= 15 is 0 Å². The highest BCUT2D eigenvalue weighted by molar-refractivity contribution is 9.10. The normalized spacial score (nSPS) is 10.2. The van der Waals surface area contributed by atoms with Crippen LogP contribution in [0.4, 0.5) is 5.69 Å². The number of carbonyl (C=O) groups excluding carboxylic acids is 3. The van der Waals surface area contributed by atoms with Crippen LogP contribution in [0, 0.1) is 0 Å². The van der Waals surface area contributed by atoms with Gasteiger partial charge in [0.05, 0.1) is 11.4 Å². The van der Waals surface area contributed by atoms with Crippen molar-refractivity contribution < 1.29 is 14.4 Å². The fraction of sp³-hybridized carbons (Fsp3) is 0.118. The zero-order valence-corrected chi connectivity index (χ0v) is 14.7. The molecule has 0 fully saturated rings. The molecule has 0 radical (unpaired) electrons. The monoisotopic (exact) mass is 391 g/mol. The number of ketones is 1. The number of hydrogen-bond donors (Lipinski definition) is 1. The van der Waals surface area contributed by atoms with Gasteiger partial charge in [-0.2, -0.15) is 0 Å². The molecule has 23 heavy (non-hydrogen) atoms. The van der Waals surface area contributed by atoms with Crippen LogP contribution in [-0.2, 0) is 9.59 Å². The number of nitrogens with one attached hydrogen (secondary N) is 1. The van der Waals surface area contributed by atoms with Crippen LogP contribution in [0.3, 0.4) is 0 Å². The van der Waals surface area contributed by atoms with Crippen LogP contribution in [0.1, 0.15) is 22.8 Å². The summed E-state index contributed by atoms with van der Waals surface area (Å²) in [5.41, 5.74) is 1.36. The Balaban J connectivity index is 2.26. The van der Waals surface area contributed by atoms with Gasteiger partial charge in [-0.1, -0.05) is 58.0 Å². The summed E-state index contributed by atoms with van der Waals surface area (Å²) in [5.74, 6) is -0.485. The van der Waals surface area contributed by atoms with Crippen LogP contribution in [0.2, 0.25) is 0 Å². The predicted molar refractivity (Wildman–Crippen MR) is 95.8 cm³/mol. The number of rotatable bonds is 5. The van der Waals surface area contributed by atoms with E-state index < -0.39 is 0 Å². The van der Waals surface area contributed by atoms with Gasteiger partial charge in [-0.15, -0.1) is 0 Å². The van der Waals surface area contributed by atoms with Crippen molar-refractivity contribution in [3.05, 3.63) is 64.1 Å². The van der Waals surface area contributed by atoms with Crippen molar-refractivity contribution in [2.45, 2.75) is 6.92 Å². The Hall–Kier alpha value is -1.92. The molecule has 2 aromatic carbocycles. The van der Waals surface area contributed by atoms with Crippen LogP contribution in [0.25, 0.3) is 0 Å². The lowest BCUT2D eigenvalue weighted by molar-refractivity contribution is -0.114. The molecule has 4 nitrogen and oxygen atoms in total. The first-order valence-corrected chi connectivity index (χ1v) is 8.58. The molecule has 2 aromatic rings. The first-order valence-electron chi connectivity index (χ1n) is 6.80. The molecule has 1 amide bonds. The maximum Gasteiger partial charge on any atom is 0.234 e. The summed E-state index contributed by atoms with van der Waals surface area (Å²) >= 11 is 4.27. The van der Waals surface area contributed by atoms with Gasteiger partial charge in [0.2, 0.25) is 5.91 Å². The molecule has 0 saturated heterocycles. The smallest absolute Gasteiger partial charge is 0.234 e. The topological polar surface area (TPSA) is 63.2 Å². The standard InChI is InChI=1S/C17H14BrNO3S/c1-11(20)23-10-16(21)19-15-8-7-13(18)9-14(15)17(22)12-5-3-2-4-6-12/h2-9H,10H2,1H3,(H,19,21). The number of hydrogen-bond acceptors (Lipinski definition) is 4. The van der Waals surface area contributed by atoms with E-state index in [-0.39, 0.29) is 22.6 Å². The summed E-state index contributed by atoms with van der Waals surface area (Å²) < 4.78 is 0.743. The minimum Gasteiger partial charge on any atom is -0.325 e. The predicted octanol–water partition coefficient (Wildman–Crippen LogP) is 3.90. The maximum atomic E-state index is 12.6. The van der Waals surface area contributed by atoms with Crippen molar-refractivity contribution in [2.75, 3.05) is 11.1 Å². The van der Waals surface area contributed by atoms with Crippen molar-refractivity contribution in [1.82, 2.24) is 0 Å². The molecule has 0 heterocycles. The summed E-state index contributed by atoms with van der Waals surface area (Å²) in [6.45, 7) is 1.40. The zero-order valence-electron chi connectivity index (χ0n) is 12.3. The van der Waals surface area contributed by atoms with Crippen molar-refractivity contribution in [3.63, 3.8) is 0 Å². The third kappa shape index (κ3) is 5.04. The Labute approximate surface area is 146 Å². The van der Waals surface area contributed by atoms with Crippen LogP contribution < -0.4 is 5.32 Å². The molecular weight excluding hydrogens is 378 g/mol. The Morgan fingerprint density at radius 1 is 1.09 bits per heavy atom. The second kappa shape index (κ2) is 8.08. The summed E-state index contributed by atoms with van der Waals surface area (Å²) in [7, 11) is 0. The quantitative estimate of drug-likeness (QED) is 0.784. The third-order valence-corrected chi connectivity index (χ3v) is 4.25. The van der Waals surface area contributed by atoms with E-state index in [9.17, 15) is 14.4 Å². The van der Waals surface area contributed by atoms with E-state index in [0.717, 1.165) is 16.2 Å². The van der Waals surface area contributed by atoms with E-state index in [1.165, 1.54) is 6.92 Å². The van der Waals surface area contributed by atoms with Crippen molar-refractivity contribution in [3.8, 4) is 0 Å². The number of halogens is 1. The Morgan fingerprint density at radius 2 is 1.78 bits per heavy atom. The molecule has 118 valence electrons. The lowest BCUT2D eigenvalue weighted by Gasteiger charge is -2.11. The van der Waals surface area contributed by atoms with Gasteiger partial charge in [0.25, 0.3) is 0 Å². The fourth-order valence-electron chi connectivity index (χ4n) is 1.91. The van der Waals surface area contributed by atoms with E-state index in [4.69, 9.17) is 0 Å².